The van der Waals surface area contributed by atoms with Crippen LogP contribution in [0.25, 0.3) is 0 Å². The predicted molar refractivity (Wildman–Crippen MR) is 79.0 cm³/mol. The second-order valence-corrected chi connectivity index (χ2v) is 5.28. The van der Waals surface area contributed by atoms with E-state index in [2.05, 4.69) is 25.6 Å². The number of anilines is 1. The van der Waals surface area contributed by atoms with Gasteiger partial charge >= 0.3 is 0 Å². The van der Waals surface area contributed by atoms with E-state index in [4.69, 9.17) is 0 Å². The van der Waals surface area contributed by atoms with E-state index in [1.54, 1.807) is 18.8 Å². The van der Waals surface area contributed by atoms with E-state index in [1.807, 2.05) is 19.2 Å². The van der Waals surface area contributed by atoms with E-state index in [0.29, 0.717) is 23.8 Å². The normalized spacial score (nSPS) is 10.6. The molecule has 20 heavy (non-hydrogen) atoms. The minimum atomic E-state index is -0.230. The maximum Gasteiger partial charge on any atom is 0.272 e. The van der Waals surface area contributed by atoms with E-state index < -0.39 is 0 Å². The number of hydrogen-bond donors (Lipinski definition) is 2. The van der Waals surface area contributed by atoms with Gasteiger partial charge < -0.3 is 10.6 Å². The highest BCUT2D eigenvalue weighted by atomic mass is 32.1. The lowest BCUT2D eigenvalue weighted by atomic mass is 10.2. The lowest BCUT2D eigenvalue weighted by molar-refractivity contribution is 0.0946. The first-order valence-electron chi connectivity index (χ1n) is 6.31. The van der Waals surface area contributed by atoms with Crippen LogP contribution in [0.2, 0.25) is 0 Å². The van der Waals surface area contributed by atoms with Gasteiger partial charge in [0.2, 0.25) is 0 Å². The zero-order valence-corrected chi connectivity index (χ0v) is 12.5. The molecule has 0 spiro atoms. The zero-order valence-electron chi connectivity index (χ0n) is 11.7. The molecule has 0 unspecified atom stereocenters. The average Bonchev–Trinajstić information content (AvgIpc) is 2.97. The van der Waals surface area contributed by atoms with Crippen molar-refractivity contribution in [3.8, 4) is 0 Å². The molecule has 2 aromatic rings. The highest BCUT2D eigenvalue weighted by Crippen LogP contribution is 2.16. The van der Waals surface area contributed by atoms with Crippen LogP contribution in [0, 0.1) is 0 Å². The zero-order chi connectivity index (χ0) is 14.5. The molecule has 6 nitrogen and oxygen atoms in total. The second-order valence-electron chi connectivity index (χ2n) is 4.56. The van der Waals surface area contributed by atoms with Crippen LogP contribution >= 0.6 is 11.3 Å². The molecule has 0 aliphatic rings. The van der Waals surface area contributed by atoms with Gasteiger partial charge in [0.25, 0.3) is 5.91 Å². The predicted octanol–water partition coefficient (Wildman–Crippen LogP) is 2.03. The first-order chi connectivity index (χ1) is 9.61. The summed E-state index contributed by atoms with van der Waals surface area (Å²) in [4.78, 5) is 24.9. The van der Waals surface area contributed by atoms with Crippen LogP contribution in [0.5, 0.6) is 0 Å². The van der Waals surface area contributed by atoms with E-state index in [1.165, 1.54) is 11.3 Å². The Labute approximate surface area is 121 Å². The van der Waals surface area contributed by atoms with Crippen LogP contribution < -0.4 is 10.6 Å². The van der Waals surface area contributed by atoms with Gasteiger partial charge in [-0.2, -0.15) is 0 Å². The van der Waals surface area contributed by atoms with Gasteiger partial charge in [-0.3, -0.25) is 4.79 Å². The first kappa shape index (κ1) is 14.4. The van der Waals surface area contributed by atoms with Crippen LogP contribution in [-0.2, 0) is 6.54 Å². The second kappa shape index (κ2) is 6.42. The molecule has 1 amide bonds. The summed E-state index contributed by atoms with van der Waals surface area (Å²) in [7, 11) is 1.74. The van der Waals surface area contributed by atoms with Gasteiger partial charge in [0.15, 0.2) is 5.69 Å². The molecular formula is C13H17N5OS. The van der Waals surface area contributed by atoms with Gasteiger partial charge in [-0.1, -0.05) is 13.8 Å². The van der Waals surface area contributed by atoms with Gasteiger partial charge in [-0.05, 0) is 0 Å². The molecule has 0 saturated heterocycles. The van der Waals surface area contributed by atoms with E-state index in [0.717, 1.165) is 5.69 Å². The minimum absolute atomic E-state index is 0.172. The van der Waals surface area contributed by atoms with E-state index in [-0.39, 0.29) is 11.8 Å². The Morgan fingerprint density at radius 3 is 2.80 bits per heavy atom. The summed E-state index contributed by atoms with van der Waals surface area (Å²) in [5, 5.41) is 7.66. The Kier molecular flexibility index (Phi) is 4.62. The van der Waals surface area contributed by atoms with Crippen LogP contribution in [0.1, 0.15) is 41.8 Å². The molecule has 2 heterocycles. The molecule has 0 fully saturated rings. The van der Waals surface area contributed by atoms with Gasteiger partial charge in [0, 0.05) is 18.3 Å². The molecule has 2 N–H and O–H groups in total. The third-order valence-corrected chi connectivity index (χ3v) is 3.36. The fourth-order valence-electron chi connectivity index (χ4n) is 1.61. The Balaban J connectivity index is 2.16. The molecule has 106 valence electrons. The van der Waals surface area contributed by atoms with E-state index >= 15 is 0 Å². The number of amides is 1. The maximum absolute atomic E-state index is 12.2. The van der Waals surface area contributed by atoms with Crippen molar-refractivity contribution in [1.29, 1.82) is 0 Å². The van der Waals surface area contributed by atoms with Crippen LogP contribution in [0.3, 0.4) is 0 Å². The van der Waals surface area contributed by atoms with Gasteiger partial charge in [-0.15, -0.1) is 11.3 Å². The molecule has 0 atom stereocenters. The van der Waals surface area contributed by atoms with Crippen LogP contribution in [0.4, 0.5) is 5.69 Å². The van der Waals surface area contributed by atoms with Gasteiger partial charge in [-0.25, -0.2) is 15.0 Å². The Hall–Kier alpha value is -2.02. The van der Waals surface area contributed by atoms with Crippen LogP contribution in [0.15, 0.2) is 17.1 Å². The highest BCUT2D eigenvalue weighted by molar-refractivity contribution is 7.07. The number of nitrogens with one attached hydrogen (secondary N) is 2. The highest BCUT2D eigenvalue weighted by Gasteiger charge is 2.15. The van der Waals surface area contributed by atoms with Gasteiger partial charge in [0.05, 0.1) is 29.6 Å². The number of thiazole rings is 1. The fourth-order valence-corrected chi connectivity index (χ4v) is 2.17. The van der Waals surface area contributed by atoms with Crippen LogP contribution in [-0.4, -0.2) is 27.9 Å². The smallest absolute Gasteiger partial charge is 0.272 e. The molecule has 0 bridgehead atoms. The standard InChI is InChI=1S/C13H17N5OS/c1-8(2)12-15-5-10(14-3)11(18-12)13(19)16-4-9-6-20-7-17-9/h5-8,14H,4H2,1-3H3,(H,16,19). The molecule has 0 aliphatic carbocycles. The SMILES string of the molecule is CNc1cnc(C(C)C)nc1C(=O)NCc1cscn1. The molecule has 7 heteroatoms. The molecule has 0 aliphatic heterocycles. The van der Waals surface area contributed by atoms with Crippen molar-refractivity contribution in [1.82, 2.24) is 20.3 Å². The molecule has 2 aromatic heterocycles. The van der Waals surface area contributed by atoms with Crippen molar-refractivity contribution < 1.29 is 4.79 Å². The number of hydrogen-bond acceptors (Lipinski definition) is 6. The summed E-state index contributed by atoms with van der Waals surface area (Å²) < 4.78 is 0. The lowest BCUT2D eigenvalue weighted by Gasteiger charge is -2.11. The maximum atomic E-state index is 12.2. The largest absolute Gasteiger partial charge is 0.385 e. The Morgan fingerprint density at radius 1 is 1.40 bits per heavy atom. The summed E-state index contributed by atoms with van der Waals surface area (Å²) >= 11 is 1.50. The summed E-state index contributed by atoms with van der Waals surface area (Å²) in [6.45, 7) is 4.38. The van der Waals surface area contributed by atoms with Crippen molar-refractivity contribution in [2.24, 2.45) is 0 Å². The van der Waals surface area contributed by atoms with Crippen molar-refractivity contribution >= 4 is 22.9 Å². The summed E-state index contributed by atoms with van der Waals surface area (Å²) in [5.74, 6) is 0.598. The van der Waals surface area contributed by atoms with Crippen molar-refractivity contribution in [2.75, 3.05) is 12.4 Å². The topological polar surface area (TPSA) is 79.8 Å². The third kappa shape index (κ3) is 3.30. The summed E-state index contributed by atoms with van der Waals surface area (Å²) in [6, 6.07) is 0. The van der Waals surface area contributed by atoms with Crippen molar-refractivity contribution in [3.05, 3.63) is 34.3 Å². The number of carbonyl (C=O) groups is 1. The number of aromatic nitrogens is 3. The average molecular weight is 291 g/mol. The van der Waals surface area contributed by atoms with Gasteiger partial charge in [0.1, 0.15) is 5.82 Å². The Morgan fingerprint density at radius 2 is 2.20 bits per heavy atom. The lowest BCUT2D eigenvalue weighted by Crippen LogP contribution is -2.25. The fraction of sp³-hybridized carbons (Fsp3) is 0.385. The molecule has 2 rings (SSSR count). The quantitative estimate of drug-likeness (QED) is 0.881. The molecule has 0 saturated carbocycles. The summed E-state index contributed by atoms with van der Waals surface area (Å²) in [6.07, 6.45) is 1.64. The molecular weight excluding hydrogens is 274 g/mol. The number of nitrogens with zero attached hydrogens (tertiary/aromatic N) is 3. The number of rotatable bonds is 5. The third-order valence-electron chi connectivity index (χ3n) is 2.72. The van der Waals surface area contributed by atoms with Crippen molar-refractivity contribution in [2.45, 2.75) is 26.3 Å². The Bertz CT molecular complexity index is 582. The monoisotopic (exact) mass is 291 g/mol. The molecule has 0 radical (unpaired) electrons. The minimum Gasteiger partial charge on any atom is -0.385 e. The number of carbonyl (C=O) groups excluding carboxylic acids is 1. The summed E-state index contributed by atoms with van der Waals surface area (Å²) in [5.41, 5.74) is 3.56. The van der Waals surface area contributed by atoms with Crippen molar-refractivity contribution in [3.63, 3.8) is 0 Å². The molecule has 0 aromatic carbocycles. The first-order valence-corrected chi connectivity index (χ1v) is 7.26. The van der Waals surface area contributed by atoms with E-state index in [9.17, 15) is 4.79 Å².